The average molecular weight is 434 g/mol. The molecule has 1 heterocycles. The molecule has 3 aromatic rings. The molecular weight excluding hydrogens is 406 g/mol. The highest BCUT2D eigenvalue weighted by Crippen LogP contribution is 2.59. The van der Waals surface area contributed by atoms with E-state index in [9.17, 15) is 13.2 Å². The van der Waals surface area contributed by atoms with Crippen molar-refractivity contribution in [2.45, 2.75) is 44.4 Å². The van der Waals surface area contributed by atoms with E-state index < -0.39 is 10.0 Å². The van der Waals surface area contributed by atoms with E-state index in [1.165, 1.54) is 9.55 Å². The van der Waals surface area contributed by atoms with Crippen molar-refractivity contribution in [3.05, 3.63) is 77.5 Å². The molecule has 1 aromatic heterocycles. The Labute approximate surface area is 183 Å². The van der Waals surface area contributed by atoms with Crippen molar-refractivity contribution in [2.75, 3.05) is 0 Å². The highest BCUT2D eigenvalue weighted by Gasteiger charge is 2.51. The molecule has 5 heteroatoms. The number of allylic oxidation sites excluding steroid dienone is 2. The minimum atomic E-state index is -3.75. The maximum Gasteiger partial charge on any atom is 0.268 e. The predicted octanol–water partition coefficient (Wildman–Crippen LogP) is 5.46. The van der Waals surface area contributed by atoms with Crippen molar-refractivity contribution in [1.82, 2.24) is 3.97 Å². The third kappa shape index (κ3) is 2.93. The molecule has 3 aliphatic rings. The van der Waals surface area contributed by atoms with E-state index in [1.54, 1.807) is 18.3 Å². The summed E-state index contributed by atoms with van der Waals surface area (Å²) in [5.41, 5.74) is 3.78. The highest BCUT2D eigenvalue weighted by molar-refractivity contribution is 7.90. The first-order valence-electron chi connectivity index (χ1n) is 10.8. The third-order valence-electron chi connectivity index (χ3n) is 7.51. The monoisotopic (exact) mass is 433 g/mol. The topological polar surface area (TPSA) is 56.1 Å². The summed E-state index contributed by atoms with van der Waals surface area (Å²) in [6.07, 6.45) is 7.17. The Morgan fingerprint density at radius 3 is 2.45 bits per heavy atom. The largest absolute Gasteiger partial charge is 0.303 e. The molecule has 3 aliphatic carbocycles. The molecule has 4 nitrogen and oxygen atoms in total. The van der Waals surface area contributed by atoms with E-state index in [0.717, 1.165) is 35.6 Å². The Bertz CT molecular complexity index is 1320. The van der Waals surface area contributed by atoms with Crippen LogP contribution >= 0.6 is 0 Å². The molecule has 1 fully saturated rings. The molecule has 0 N–H and O–H groups in total. The van der Waals surface area contributed by atoms with Crippen LogP contribution in [0.3, 0.4) is 0 Å². The zero-order valence-corrected chi connectivity index (χ0v) is 18.9. The zero-order valence-electron chi connectivity index (χ0n) is 18.1. The van der Waals surface area contributed by atoms with Crippen LogP contribution in [0.15, 0.2) is 71.3 Å². The van der Waals surface area contributed by atoms with Gasteiger partial charge in [-0.2, -0.15) is 0 Å². The summed E-state index contributed by atoms with van der Waals surface area (Å²) in [5.74, 6) is 0.0928. The van der Waals surface area contributed by atoms with E-state index in [-0.39, 0.29) is 28.1 Å². The van der Waals surface area contributed by atoms with Gasteiger partial charge in [-0.25, -0.2) is 12.4 Å². The molecule has 1 saturated carbocycles. The van der Waals surface area contributed by atoms with Crippen LogP contribution in [0.5, 0.6) is 0 Å². The summed E-state index contributed by atoms with van der Waals surface area (Å²) in [7, 11) is -3.75. The lowest BCUT2D eigenvalue weighted by Crippen LogP contribution is -2.44. The third-order valence-corrected chi connectivity index (χ3v) is 9.20. The van der Waals surface area contributed by atoms with Gasteiger partial charge in [0.05, 0.1) is 10.4 Å². The summed E-state index contributed by atoms with van der Waals surface area (Å²) in [6, 6.07) is 14.6. The van der Waals surface area contributed by atoms with Gasteiger partial charge < -0.3 is 4.79 Å². The molecule has 31 heavy (non-hydrogen) atoms. The maximum atomic E-state index is 13.6. The molecule has 2 aromatic carbocycles. The first-order valence-corrected chi connectivity index (χ1v) is 12.3. The number of aromatic nitrogens is 1. The van der Waals surface area contributed by atoms with Crippen LogP contribution in [0.4, 0.5) is 0 Å². The lowest BCUT2D eigenvalue weighted by molar-refractivity contribution is -0.117. The number of carbonyl (C=O) groups excluding carboxylic acids is 1. The molecule has 2 bridgehead atoms. The first-order chi connectivity index (χ1) is 14.8. The van der Waals surface area contributed by atoms with E-state index in [1.807, 2.05) is 43.3 Å². The maximum absolute atomic E-state index is 13.6. The molecule has 4 atom stereocenters. The molecule has 0 aliphatic heterocycles. The number of hydrogen-bond acceptors (Lipinski definition) is 3. The Morgan fingerprint density at radius 2 is 1.77 bits per heavy atom. The van der Waals surface area contributed by atoms with Gasteiger partial charge in [0.15, 0.2) is 0 Å². The Kier molecular flexibility index (Phi) is 4.52. The van der Waals surface area contributed by atoms with Crippen molar-refractivity contribution in [3.63, 3.8) is 0 Å². The van der Waals surface area contributed by atoms with E-state index in [0.29, 0.717) is 5.52 Å². The highest BCUT2D eigenvalue weighted by atomic mass is 32.2. The van der Waals surface area contributed by atoms with Crippen molar-refractivity contribution in [3.8, 4) is 0 Å². The molecule has 160 valence electrons. The van der Waals surface area contributed by atoms with Crippen molar-refractivity contribution < 1.29 is 13.2 Å². The fourth-order valence-electron chi connectivity index (χ4n) is 5.89. The second-order valence-electron chi connectivity index (χ2n) is 9.44. The standard InChI is InChI=1S/C26H27NO3S/c1-17-8-10-19(11-9-17)31(29,30)27-15-22(21-6-4-5-7-24(21)27)25-20-12-13-26(3,14-18(20)2)23(25)16-28/h4-11,14-16,20,23,25H,12-13H2,1-3H3/t20-,23+,25+,26+/m0/s1. The van der Waals surface area contributed by atoms with Crippen LogP contribution in [-0.2, 0) is 14.8 Å². The number of aryl methyl sites for hydroxylation is 1. The van der Waals surface area contributed by atoms with Gasteiger partial charge in [0, 0.05) is 23.4 Å². The number of benzene rings is 2. The minimum absolute atomic E-state index is 0.0133. The van der Waals surface area contributed by atoms with Gasteiger partial charge in [0.2, 0.25) is 0 Å². The zero-order chi connectivity index (χ0) is 22.0. The Balaban J connectivity index is 1.73. The van der Waals surface area contributed by atoms with Crippen molar-refractivity contribution >= 4 is 27.2 Å². The second-order valence-corrected chi connectivity index (χ2v) is 11.3. The number of para-hydroxylation sites is 1. The van der Waals surface area contributed by atoms with Gasteiger partial charge in [0.25, 0.3) is 10.0 Å². The van der Waals surface area contributed by atoms with E-state index in [2.05, 4.69) is 19.9 Å². The van der Waals surface area contributed by atoms with Gasteiger partial charge >= 0.3 is 0 Å². The molecule has 0 unspecified atom stereocenters. The van der Waals surface area contributed by atoms with Gasteiger partial charge in [-0.15, -0.1) is 0 Å². The smallest absolute Gasteiger partial charge is 0.268 e. The summed E-state index contributed by atoms with van der Waals surface area (Å²) in [4.78, 5) is 12.6. The second kappa shape index (κ2) is 6.92. The SMILES string of the molecule is CC1=C[C@@]2(C)CC[C@@H]1[C@H](c1cn(S(=O)(=O)c3ccc(C)cc3)c3ccccc13)[C@H]2C=O. The van der Waals surface area contributed by atoms with Crippen LogP contribution < -0.4 is 0 Å². The van der Waals surface area contributed by atoms with Crippen LogP contribution in [0.2, 0.25) is 0 Å². The number of rotatable bonds is 4. The van der Waals surface area contributed by atoms with Gasteiger partial charge in [0.1, 0.15) is 6.29 Å². The molecule has 0 amide bonds. The number of carbonyl (C=O) groups is 1. The molecule has 6 rings (SSSR count). The summed E-state index contributed by atoms with van der Waals surface area (Å²) < 4.78 is 28.6. The molecule has 0 saturated heterocycles. The van der Waals surface area contributed by atoms with Gasteiger partial charge in [-0.3, -0.25) is 0 Å². The van der Waals surface area contributed by atoms with Crippen LogP contribution in [0.1, 0.15) is 43.7 Å². The van der Waals surface area contributed by atoms with Crippen LogP contribution in [0, 0.1) is 24.2 Å². The number of nitrogens with zero attached hydrogens (tertiary/aromatic N) is 1. The fraction of sp³-hybridized carbons (Fsp3) is 0.346. The van der Waals surface area contributed by atoms with Crippen LogP contribution in [0.25, 0.3) is 10.9 Å². The van der Waals surface area contributed by atoms with Crippen LogP contribution in [-0.4, -0.2) is 18.7 Å². The summed E-state index contributed by atoms with van der Waals surface area (Å²) in [5, 5.41) is 0.916. The lowest BCUT2D eigenvalue weighted by atomic mass is 9.52. The first kappa shape index (κ1) is 20.3. The van der Waals surface area contributed by atoms with E-state index in [4.69, 9.17) is 0 Å². The fourth-order valence-corrected chi connectivity index (χ4v) is 7.27. The lowest BCUT2D eigenvalue weighted by Gasteiger charge is -2.51. The molecule has 0 radical (unpaired) electrons. The van der Waals surface area contributed by atoms with Gasteiger partial charge in [-0.1, -0.05) is 54.5 Å². The van der Waals surface area contributed by atoms with E-state index >= 15 is 0 Å². The Morgan fingerprint density at radius 1 is 1.06 bits per heavy atom. The molecular formula is C26H27NO3S. The van der Waals surface area contributed by atoms with Crippen molar-refractivity contribution in [1.29, 1.82) is 0 Å². The molecule has 0 spiro atoms. The summed E-state index contributed by atoms with van der Waals surface area (Å²) in [6.45, 7) is 6.26. The number of aldehydes is 1. The number of fused-ring (bicyclic) bond motifs is 3. The van der Waals surface area contributed by atoms with Gasteiger partial charge in [-0.05, 0) is 61.8 Å². The normalized spacial score (nSPS) is 28.0. The summed E-state index contributed by atoms with van der Waals surface area (Å²) >= 11 is 0. The average Bonchev–Trinajstić information content (AvgIpc) is 3.13. The predicted molar refractivity (Wildman–Crippen MR) is 123 cm³/mol. The number of hydrogen-bond donors (Lipinski definition) is 0. The van der Waals surface area contributed by atoms with Crippen molar-refractivity contribution in [2.24, 2.45) is 17.3 Å². The Hall–Kier alpha value is -2.66. The quantitative estimate of drug-likeness (QED) is 0.405. The minimum Gasteiger partial charge on any atom is -0.303 e.